The molecule has 27 heavy (non-hydrogen) atoms. The van der Waals surface area contributed by atoms with Crippen molar-refractivity contribution in [1.29, 1.82) is 0 Å². The Morgan fingerprint density at radius 1 is 1.30 bits per heavy atom. The van der Waals surface area contributed by atoms with Gasteiger partial charge in [-0.05, 0) is 43.5 Å². The van der Waals surface area contributed by atoms with Gasteiger partial charge in [-0.25, -0.2) is 26.9 Å². The van der Waals surface area contributed by atoms with Crippen molar-refractivity contribution in [3.63, 3.8) is 0 Å². The predicted octanol–water partition coefficient (Wildman–Crippen LogP) is 3.66. The molecule has 0 unspecified atom stereocenters. The van der Waals surface area contributed by atoms with Gasteiger partial charge in [-0.3, -0.25) is 0 Å². The van der Waals surface area contributed by atoms with Gasteiger partial charge < -0.3 is 4.74 Å². The van der Waals surface area contributed by atoms with E-state index in [0.717, 1.165) is 15.4 Å². The van der Waals surface area contributed by atoms with Crippen LogP contribution in [0.25, 0.3) is 10.6 Å². The van der Waals surface area contributed by atoms with E-state index in [0.29, 0.717) is 5.75 Å². The minimum Gasteiger partial charge on any atom is -0.493 e. The molecule has 1 heterocycles. The van der Waals surface area contributed by atoms with Crippen LogP contribution in [0.15, 0.2) is 30.5 Å². The molecule has 9 heteroatoms. The fourth-order valence-electron chi connectivity index (χ4n) is 3.33. The molecule has 0 bridgehead atoms. The average molecular weight is 417 g/mol. The van der Waals surface area contributed by atoms with Gasteiger partial charge in [0.15, 0.2) is 0 Å². The van der Waals surface area contributed by atoms with E-state index in [1.54, 1.807) is 23.5 Å². The fraction of sp³-hybridized carbons (Fsp3) is 0.500. The standard InChI is InChI=1S/C18H22F2N2O3S2/c1-12-9-21-17(26-12)13-2-4-16(5-3-13)25-11-15-8-18(19,20)7-6-14(15)10-22-27(23)24/h2-5,9,14-15,27H,6-8,10-11H2,1H3,(H,22,23,24)/t14-,15+/m1/s1. The summed E-state index contributed by atoms with van der Waals surface area (Å²) < 4.78 is 57.2. The van der Waals surface area contributed by atoms with E-state index >= 15 is 0 Å². The van der Waals surface area contributed by atoms with E-state index < -0.39 is 22.7 Å². The zero-order valence-corrected chi connectivity index (χ0v) is 16.6. The Morgan fingerprint density at radius 3 is 2.67 bits per heavy atom. The maximum absolute atomic E-state index is 13.8. The first kappa shape index (κ1) is 20.2. The first-order valence-electron chi connectivity index (χ1n) is 8.74. The van der Waals surface area contributed by atoms with E-state index in [1.165, 1.54) is 0 Å². The highest BCUT2D eigenvalue weighted by Crippen LogP contribution is 2.40. The Kier molecular flexibility index (Phi) is 6.44. The highest BCUT2D eigenvalue weighted by atomic mass is 32.2. The van der Waals surface area contributed by atoms with Gasteiger partial charge in [0.25, 0.3) is 0 Å². The van der Waals surface area contributed by atoms with E-state index in [2.05, 4.69) is 9.71 Å². The van der Waals surface area contributed by atoms with Crippen molar-refractivity contribution in [3.05, 3.63) is 35.3 Å². The number of alkyl halides is 2. The lowest BCUT2D eigenvalue weighted by Crippen LogP contribution is -2.39. The van der Waals surface area contributed by atoms with Crippen molar-refractivity contribution in [3.8, 4) is 16.3 Å². The second-order valence-corrected chi connectivity index (χ2v) is 8.91. The normalized spacial score (nSPS) is 22.1. The number of aryl methyl sites for hydroxylation is 1. The van der Waals surface area contributed by atoms with E-state index in [-0.39, 0.29) is 38.3 Å². The molecule has 1 aromatic heterocycles. The first-order chi connectivity index (χ1) is 12.8. The van der Waals surface area contributed by atoms with E-state index in [4.69, 9.17) is 4.74 Å². The second kappa shape index (κ2) is 8.62. The third-order valence-electron chi connectivity index (χ3n) is 4.78. The zero-order chi connectivity index (χ0) is 19.4. The number of hydrogen-bond donors (Lipinski definition) is 2. The van der Waals surface area contributed by atoms with Gasteiger partial charge in [0, 0.05) is 41.9 Å². The van der Waals surface area contributed by atoms with Crippen LogP contribution in [0.3, 0.4) is 0 Å². The number of thiazole rings is 1. The van der Waals surface area contributed by atoms with Crippen molar-refractivity contribution >= 4 is 22.2 Å². The molecule has 148 valence electrons. The van der Waals surface area contributed by atoms with Gasteiger partial charge in [0.05, 0.1) is 6.61 Å². The van der Waals surface area contributed by atoms with Crippen LogP contribution in [-0.4, -0.2) is 32.5 Å². The summed E-state index contributed by atoms with van der Waals surface area (Å²) in [5.74, 6) is -2.69. The number of aromatic nitrogens is 1. The largest absolute Gasteiger partial charge is 0.493 e. The van der Waals surface area contributed by atoms with Crippen LogP contribution in [-0.2, 0) is 10.9 Å². The maximum atomic E-state index is 13.8. The van der Waals surface area contributed by atoms with Crippen LogP contribution < -0.4 is 9.46 Å². The molecule has 1 aromatic carbocycles. The summed E-state index contributed by atoms with van der Waals surface area (Å²) in [6.45, 7) is 2.30. The predicted molar refractivity (Wildman–Crippen MR) is 102 cm³/mol. The summed E-state index contributed by atoms with van der Waals surface area (Å²) in [6.07, 6.45) is 1.59. The Bertz CT molecular complexity index is 829. The molecule has 2 aromatic rings. The average Bonchev–Trinajstić information content (AvgIpc) is 3.05. The molecule has 1 aliphatic rings. The summed E-state index contributed by atoms with van der Waals surface area (Å²) in [6, 6.07) is 7.39. The van der Waals surface area contributed by atoms with Gasteiger partial charge in [-0.2, -0.15) is 0 Å². The Labute approximate surface area is 162 Å². The topological polar surface area (TPSA) is 68.3 Å². The molecule has 2 atom stereocenters. The number of nitrogens with one attached hydrogen (secondary N) is 1. The molecule has 1 saturated carbocycles. The first-order valence-corrected chi connectivity index (χ1v) is 10.7. The van der Waals surface area contributed by atoms with E-state index in [1.807, 2.05) is 25.3 Å². The highest BCUT2D eigenvalue weighted by molar-refractivity contribution is 7.70. The number of nitrogens with zero attached hydrogens (tertiary/aromatic N) is 1. The summed E-state index contributed by atoms with van der Waals surface area (Å²) in [7, 11) is -2.73. The van der Waals surface area contributed by atoms with Gasteiger partial charge in [0.1, 0.15) is 10.8 Å². The maximum Gasteiger partial charge on any atom is 0.248 e. The summed E-state index contributed by atoms with van der Waals surface area (Å²) in [5, 5.41) is 0.920. The number of hydrogen-bond acceptors (Lipinski definition) is 5. The molecule has 0 spiro atoms. The molecule has 1 N–H and O–H groups in total. The van der Waals surface area contributed by atoms with Crippen LogP contribution in [0, 0.1) is 18.8 Å². The lowest BCUT2D eigenvalue weighted by molar-refractivity contribution is -0.0756. The zero-order valence-electron chi connectivity index (χ0n) is 14.9. The second-order valence-electron chi connectivity index (χ2n) is 6.85. The van der Waals surface area contributed by atoms with Crippen molar-refractivity contribution in [1.82, 2.24) is 9.71 Å². The third kappa shape index (κ3) is 5.70. The third-order valence-corrected chi connectivity index (χ3v) is 6.18. The molecule has 3 rings (SSSR count). The Hall–Kier alpha value is -1.58. The molecule has 1 fully saturated rings. The van der Waals surface area contributed by atoms with Gasteiger partial charge in [-0.1, -0.05) is 0 Å². The summed E-state index contributed by atoms with van der Waals surface area (Å²) in [4.78, 5) is 5.46. The number of halogens is 2. The SMILES string of the molecule is Cc1cnc(-c2ccc(OC[C@@H]3CC(F)(F)CC[C@@H]3CN[SH](=O)=O)cc2)s1. The Morgan fingerprint density at radius 2 is 2.04 bits per heavy atom. The van der Waals surface area contributed by atoms with Gasteiger partial charge in [-0.15, -0.1) is 11.3 Å². The monoisotopic (exact) mass is 416 g/mol. The van der Waals surface area contributed by atoms with Crippen LogP contribution in [0.2, 0.25) is 0 Å². The van der Waals surface area contributed by atoms with Crippen LogP contribution in [0.4, 0.5) is 8.78 Å². The molecule has 1 aliphatic carbocycles. The number of rotatable bonds is 7. The van der Waals surface area contributed by atoms with Crippen molar-refractivity contribution in [2.45, 2.75) is 32.1 Å². The van der Waals surface area contributed by atoms with Crippen molar-refractivity contribution in [2.24, 2.45) is 11.8 Å². The van der Waals surface area contributed by atoms with Crippen LogP contribution in [0.5, 0.6) is 5.75 Å². The molecular formula is C18H22F2N2O3S2. The number of benzene rings is 1. The molecule has 5 nitrogen and oxygen atoms in total. The minimum absolute atomic E-state index is 0.132. The van der Waals surface area contributed by atoms with E-state index in [9.17, 15) is 17.2 Å². The van der Waals surface area contributed by atoms with Crippen molar-refractivity contribution < 1.29 is 21.9 Å². The lowest BCUT2D eigenvalue weighted by Gasteiger charge is -2.35. The summed E-state index contributed by atoms with van der Waals surface area (Å²) >= 11 is 1.60. The summed E-state index contributed by atoms with van der Waals surface area (Å²) in [5.41, 5.74) is 0.978. The Balaban J connectivity index is 1.62. The highest BCUT2D eigenvalue weighted by Gasteiger charge is 2.41. The van der Waals surface area contributed by atoms with Crippen molar-refractivity contribution in [2.75, 3.05) is 13.2 Å². The molecule has 0 amide bonds. The van der Waals surface area contributed by atoms with Gasteiger partial charge in [0.2, 0.25) is 16.8 Å². The molecule has 0 saturated heterocycles. The minimum atomic E-state index is -2.73. The lowest BCUT2D eigenvalue weighted by atomic mass is 9.78. The number of thiol groups is 1. The van der Waals surface area contributed by atoms with Crippen LogP contribution >= 0.6 is 11.3 Å². The molecular weight excluding hydrogens is 394 g/mol. The smallest absolute Gasteiger partial charge is 0.248 e. The fourth-order valence-corrected chi connectivity index (χ4v) is 4.48. The van der Waals surface area contributed by atoms with Gasteiger partial charge >= 0.3 is 0 Å². The van der Waals surface area contributed by atoms with Crippen LogP contribution in [0.1, 0.15) is 24.1 Å². The number of ether oxygens (including phenoxy) is 1. The quantitative estimate of drug-likeness (QED) is 0.676. The molecule has 0 radical (unpaired) electrons. The molecule has 0 aliphatic heterocycles.